The second-order valence-corrected chi connectivity index (χ2v) is 4.99. The van der Waals surface area contributed by atoms with Crippen LogP contribution < -0.4 is 10.9 Å². The number of aryl methyl sites for hydroxylation is 2. The van der Waals surface area contributed by atoms with Crippen molar-refractivity contribution in [3.05, 3.63) is 33.2 Å². The fourth-order valence-corrected chi connectivity index (χ4v) is 2.40. The molecule has 0 spiro atoms. The van der Waals surface area contributed by atoms with Crippen LogP contribution in [0.4, 0.5) is 0 Å². The van der Waals surface area contributed by atoms with Gasteiger partial charge in [0, 0.05) is 23.8 Å². The second-order valence-electron chi connectivity index (χ2n) is 4.99. The monoisotopic (exact) mass is 218 g/mol. The Morgan fingerprint density at radius 3 is 2.94 bits per heavy atom. The Bertz CT molecular complexity index is 446. The summed E-state index contributed by atoms with van der Waals surface area (Å²) in [6, 6.07) is 2.78. The molecule has 3 rings (SSSR count). The number of aromatic amines is 1. The lowest BCUT2D eigenvalue weighted by Crippen LogP contribution is -2.25. The summed E-state index contributed by atoms with van der Waals surface area (Å²) in [5.41, 5.74) is 3.55. The molecule has 1 fully saturated rings. The number of H-pyrrole nitrogens is 1. The topological polar surface area (TPSA) is 44.9 Å². The summed E-state index contributed by atoms with van der Waals surface area (Å²) < 4.78 is 0. The summed E-state index contributed by atoms with van der Waals surface area (Å²) in [6.45, 7) is 0.729. The van der Waals surface area contributed by atoms with Crippen molar-refractivity contribution in [1.29, 1.82) is 0 Å². The Morgan fingerprint density at radius 2 is 2.12 bits per heavy atom. The van der Waals surface area contributed by atoms with Gasteiger partial charge in [0.25, 0.3) is 5.56 Å². The Kier molecular flexibility index (Phi) is 2.56. The van der Waals surface area contributed by atoms with Gasteiger partial charge in [-0.15, -0.1) is 0 Å². The van der Waals surface area contributed by atoms with Gasteiger partial charge >= 0.3 is 0 Å². The van der Waals surface area contributed by atoms with E-state index in [1.165, 1.54) is 36.9 Å². The quantitative estimate of drug-likeness (QED) is 0.807. The summed E-state index contributed by atoms with van der Waals surface area (Å²) in [5.74, 6) is 0. The predicted molar refractivity (Wildman–Crippen MR) is 63.6 cm³/mol. The fraction of sp³-hybridized carbons (Fsp3) is 0.615. The van der Waals surface area contributed by atoms with Crippen LogP contribution in [0.5, 0.6) is 0 Å². The SMILES string of the molecule is O=c1[nH]c2c(cc1CNC1CC1)CCCC2. The lowest BCUT2D eigenvalue weighted by molar-refractivity contribution is 0.648. The minimum atomic E-state index is 0.105. The highest BCUT2D eigenvalue weighted by molar-refractivity contribution is 5.27. The van der Waals surface area contributed by atoms with Crippen LogP contribution in [0.3, 0.4) is 0 Å². The predicted octanol–water partition coefficient (Wildman–Crippen LogP) is 1.51. The van der Waals surface area contributed by atoms with Crippen LogP contribution in [-0.2, 0) is 19.4 Å². The van der Waals surface area contributed by atoms with Gasteiger partial charge in [0.05, 0.1) is 0 Å². The number of nitrogens with one attached hydrogen (secondary N) is 2. The first-order valence-electron chi connectivity index (χ1n) is 6.30. The van der Waals surface area contributed by atoms with E-state index in [1.807, 2.05) is 0 Å². The van der Waals surface area contributed by atoms with Crippen molar-refractivity contribution in [2.75, 3.05) is 0 Å². The van der Waals surface area contributed by atoms with Gasteiger partial charge in [-0.1, -0.05) is 0 Å². The van der Waals surface area contributed by atoms with Crippen LogP contribution in [0.25, 0.3) is 0 Å². The molecule has 1 saturated carbocycles. The normalized spacial score (nSPS) is 19.5. The van der Waals surface area contributed by atoms with Crippen LogP contribution in [0, 0.1) is 0 Å². The Morgan fingerprint density at radius 1 is 1.31 bits per heavy atom. The zero-order valence-electron chi connectivity index (χ0n) is 9.51. The third-order valence-corrected chi connectivity index (χ3v) is 3.57. The van der Waals surface area contributed by atoms with Gasteiger partial charge < -0.3 is 10.3 Å². The largest absolute Gasteiger partial charge is 0.326 e. The molecule has 2 N–H and O–H groups in total. The number of hydrogen-bond acceptors (Lipinski definition) is 2. The summed E-state index contributed by atoms with van der Waals surface area (Å²) in [6.07, 6.45) is 7.17. The lowest BCUT2D eigenvalue weighted by Gasteiger charge is -2.16. The molecule has 0 unspecified atom stereocenters. The molecule has 1 heterocycles. The van der Waals surface area contributed by atoms with Gasteiger partial charge in [0.2, 0.25) is 0 Å². The average Bonchev–Trinajstić information content (AvgIpc) is 3.10. The molecular formula is C13H18N2O. The van der Waals surface area contributed by atoms with Gasteiger partial charge in [-0.3, -0.25) is 4.79 Å². The zero-order valence-corrected chi connectivity index (χ0v) is 9.51. The second kappa shape index (κ2) is 4.06. The van der Waals surface area contributed by atoms with Crippen molar-refractivity contribution < 1.29 is 0 Å². The molecule has 0 bridgehead atoms. The van der Waals surface area contributed by atoms with Crippen LogP contribution in [0.15, 0.2) is 10.9 Å². The van der Waals surface area contributed by atoms with Gasteiger partial charge in [-0.2, -0.15) is 0 Å². The smallest absolute Gasteiger partial charge is 0.252 e. The standard InChI is InChI=1S/C13H18N2O/c16-13-10(8-14-11-5-6-11)7-9-3-1-2-4-12(9)15-13/h7,11,14H,1-6,8H2,(H,15,16). The molecule has 0 atom stereocenters. The van der Waals surface area contributed by atoms with E-state index in [0.717, 1.165) is 24.9 Å². The van der Waals surface area contributed by atoms with E-state index in [9.17, 15) is 4.79 Å². The zero-order chi connectivity index (χ0) is 11.0. The highest BCUT2D eigenvalue weighted by Crippen LogP contribution is 2.20. The van der Waals surface area contributed by atoms with Gasteiger partial charge in [0.1, 0.15) is 0 Å². The molecule has 3 nitrogen and oxygen atoms in total. The van der Waals surface area contributed by atoms with E-state index in [-0.39, 0.29) is 5.56 Å². The number of pyridine rings is 1. The molecule has 0 radical (unpaired) electrons. The highest BCUT2D eigenvalue weighted by Gasteiger charge is 2.21. The first-order valence-corrected chi connectivity index (χ1v) is 6.30. The molecule has 2 aliphatic carbocycles. The third-order valence-electron chi connectivity index (χ3n) is 3.57. The van der Waals surface area contributed by atoms with Crippen molar-refractivity contribution in [3.63, 3.8) is 0 Å². The van der Waals surface area contributed by atoms with E-state index < -0.39 is 0 Å². The number of hydrogen-bond donors (Lipinski definition) is 2. The minimum absolute atomic E-state index is 0.105. The molecule has 2 aliphatic rings. The van der Waals surface area contributed by atoms with E-state index in [1.54, 1.807) is 0 Å². The fourth-order valence-electron chi connectivity index (χ4n) is 2.40. The molecule has 16 heavy (non-hydrogen) atoms. The van der Waals surface area contributed by atoms with Crippen molar-refractivity contribution in [2.24, 2.45) is 0 Å². The molecule has 86 valence electrons. The van der Waals surface area contributed by atoms with Crippen molar-refractivity contribution in [3.8, 4) is 0 Å². The number of fused-ring (bicyclic) bond motifs is 1. The van der Waals surface area contributed by atoms with E-state index >= 15 is 0 Å². The molecule has 3 heteroatoms. The third kappa shape index (κ3) is 2.05. The molecule has 0 saturated heterocycles. The van der Waals surface area contributed by atoms with Crippen LogP contribution in [0.1, 0.15) is 42.5 Å². The summed E-state index contributed by atoms with van der Waals surface area (Å²) >= 11 is 0. The summed E-state index contributed by atoms with van der Waals surface area (Å²) in [5, 5.41) is 3.40. The summed E-state index contributed by atoms with van der Waals surface area (Å²) in [7, 11) is 0. The van der Waals surface area contributed by atoms with Gasteiger partial charge in [-0.05, 0) is 50.2 Å². The summed E-state index contributed by atoms with van der Waals surface area (Å²) in [4.78, 5) is 14.9. The molecule has 1 aromatic heterocycles. The molecule has 0 aromatic carbocycles. The van der Waals surface area contributed by atoms with Crippen LogP contribution in [0.2, 0.25) is 0 Å². The Labute approximate surface area is 95.3 Å². The van der Waals surface area contributed by atoms with E-state index in [4.69, 9.17) is 0 Å². The first kappa shape index (κ1) is 10.1. The van der Waals surface area contributed by atoms with Crippen molar-refractivity contribution in [1.82, 2.24) is 10.3 Å². The highest BCUT2D eigenvalue weighted by atomic mass is 16.1. The molecular weight excluding hydrogens is 200 g/mol. The Balaban J connectivity index is 1.83. The molecule has 0 amide bonds. The maximum Gasteiger partial charge on any atom is 0.252 e. The Hall–Kier alpha value is -1.09. The van der Waals surface area contributed by atoms with E-state index in [0.29, 0.717) is 6.04 Å². The average molecular weight is 218 g/mol. The van der Waals surface area contributed by atoms with E-state index in [2.05, 4.69) is 16.4 Å². The van der Waals surface area contributed by atoms with Crippen LogP contribution in [-0.4, -0.2) is 11.0 Å². The molecule has 1 aromatic rings. The molecule has 0 aliphatic heterocycles. The first-order chi connectivity index (χ1) is 7.83. The van der Waals surface area contributed by atoms with Crippen molar-refractivity contribution in [2.45, 2.75) is 51.1 Å². The number of aromatic nitrogens is 1. The lowest BCUT2D eigenvalue weighted by atomic mass is 9.95. The van der Waals surface area contributed by atoms with Gasteiger partial charge in [0.15, 0.2) is 0 Å². The van der Waals surface area contributed by atoms with Crippen molar-refractivity contribution >= 4 is 0 Å². The van der Waals surface area contributed by atoms with Gasteiger partial charge in [-0.25, -0.2) is 0 Å². The number of rotatable bonds is 3. The van der Waals surface area contributed by atoms with Crippen LogP contribution >= 0.6 is 0 Å². The maximum absolute atomic E-state index is 11.8. The minimum Gasteiger partial charge on any atom is -0.326 e. The maximum atomic E-state index is 11.8.